The maximum absolute atomic E-state index is 13.6. The van der Waals surface area contributed by atoms with E-state index in [0.29, 0.717) is 5.69 Å². The second-order valence-electron chi connectivity index (χ2n) is 5.70. The number of ether oxygens (including phenoxy) is 1. The Morgan fingerprint density at radius 3 is 2.27 bits per heavy atom. The van der Waals surface area contributed by atoms with Crippen LogP contribution in [0, 0.1) is 11.6 Å². The molecule has 0 spiro atoms. The van der Waals surface area contributed by atoms with Gasteiger partial charge in [-0.15, -0.1) is 0 Å². The standard InChI is InChI=1S/C20H15F2NO3/c1-12(26-20(25)18-16(21)7-4-8-17(18)22)19(24)23-15-10-9-13-5-2-3-6-14(13)11-15/h2-12H,1H3,(H,23,24)/t12-/m0/s1. The molecule has 0 saturated heterocycles. The van der Waals surface area contributed by atoms with Crippen LogP contribution in [0.2, 0.25) is 0 Å². The SMILES string of the molecule is C[C@H](OC(=O)c1c(F)cccc1F)C(=O)Nc1ccc2ccccc2c1. The topological polar surface area (TPSA) is 55.4 Å². The van der Waals surface area contributed by atoms with E-state index in [1.54, 1.807) is 12.1 Å². The number of amides is 1. The largest absolute Gasteiger partial charge is 0.449 e. The Balaban J connectivity index is 1.70. The zero-order valence-electron chi connectivity index (χ0n) is 13.8. The number of carbonyl (C=O) groups is 2. The monoisotopic (exact) mass is 355 g/mol. The predicted octanol–water partition coefficient (Wildman–Crippen LogP) is 4.30. The van der Waals surface area contributed by atoms with Crippen LogP contribution in [0.15, 0.2) is 60.7 Å². The van der Waals surface area contributed by atoms with Crippen LogP contribution in [0.1, 0.15) is 17.3 Å². The van der Waals surface area contributed by atoms with Gasteiger partial charge in [-0.2, -0.15) is 0 Å². The van der Waals surface area contributed by atoms with Gasteiger partial charge in [0.05, 0.1) is 0 Å². The van der Waals surface area contributed by atoms with Gasteiger partial charge in [-0.1, -0.05) is 36.4 Å². The Kier molecular flexibility index (Phi) is 4.93. The molecule has 4 nitrogen and oxygen atoms in total. The molecular formula is C20H15F2NO3. The molecule has 26 heavy (non-hydrogen) atoms. The maximum Gasteiger partial charge on any atom is 0.344 e. The van der Waals surface area contributed by atoms with E-state index in [2.05, 4.69) is 5.32 Å². The number of halogens is 2. The maximum atomic E-state index is 13.6. The van der Waals surface area contributed by atoms with Gasteiger partial charge in [0.2, 0.25) is 0 Å². The molecule has 1 amide bonds. The molecule has 0 bridgehead atoms. The molecule has 6 heteroatoms. The van der Waals surface area contributed by atoms with E-state index < -0.39 is 35.2 Å². The van der Waals surface area contributed by atoms with Crippen molar-refractivity contribution in [3.63, 3.8) is 0 Å². The van der Waals surface area contributed by atoms with Gasteiger partial charge in [0.15, 0.2) is 6.10 Å². The van der Waals surface area contributed by atoms with Gasteiger partial charge >= 0.3 is 5.97 Å². The molecule has 0 unspecified atom stereocenters. The van der Waals surface area contributed by atoms with Gasteiger partial charge in [0.1, 0.15) is 17.2 Å². The lowest BCUT2D eigenvalue weighted by Crippen LogP contribution is -2.30. The van der Waals surface area contributed by atoms with E-state index >= 15 is 0 Å². The summed E-state index contributed by atoms with van der Waals surface area (Å²) in [7, 11) is 0. The lowest BCUT2D eigenvalue weighted by Gasteiger charge is -2.14. The molecule has 3 aromatic rings. The number of fused-ring (bicyclic) bond motifs is 1. The first-order valence-corrected chi connectivity index (χ1v) is 7.90. The van der Waals surface area contributed by atoms with Crippen LogP contribution in [0.5, 0.6) is 0 Å². The lowest BCUT2D eigenvalue weighted by molar-refractivity contribution is -0.123. The number of hydrogen-bond acceptors (Lipinski definition) is 3. The summed E-state index contributed by atoms with van der Waals surface area (Å²) in [5, 5.41) is 4.56. The van der Waals surface area contributed by atoms with Crippen LogP contribution in [-0.2, 0) is 9.53 Å². The summed E-state index contributed by atoms with van der Waals surface area (Å²) in [5.74, 6) is -3.93. The number of anilines is 1. The minimum Gasteiger partial charge on any atom is -0.449 e. The van der Waals surface area contributed by atoms with Crippen molar-refractivity contribution in [2.24, 2.45) is 0 Å². The van der Waals surface area contributed by atoms with E-state index in [1.165, 1.54) is 6.92 Å². The molecule has 132 valence electrons. The average molecular weight is 355 g/mol. The number of esters is 1. The first-order chi connectivity index (χ1) is 12.5. The second-order valence-corrected chi connectivity index (χ2v) is 5.70. The molecule has 1 N–H and O–H groups in total. The Labute approximate surface area is 148 Å². The minimum absolute atomic E-state index is 0.522. The molecule has 0 aliphatic carbocycles. The van der Waals surface area contributed by atoms with E-state index in [9.17, 15) is 18.4 Å². The summed E-state index contributed by atoms with van der Waals surface area (Å²) in [6.45, 7) is 1.33. The van der Waals surface area contributed by atoms with Crippen LogP contribution in [-0.4, -0.2) is 18.0 Å². The lowest BCUT2D eigenvalue weighted by atomic mass is 10.1. The van der Waals surface area contributed by atoms with Gasteiger partial charge < -0.3 is 10.1 Å². The van der Waals surface area contributed by atoms with Gasteiger partial charge in [0, 0.05) is 5.69 Å². The Bertz CT molecular complexity index is 967. The molecule has 3 rings (SSSR count). The third-order valence-corrected chi connectivity index (χ3v) is 3.84. The first kappa shape index (κ1) is 17.5. The third-order valence-electron chi connectivity index (χ3n) is 3.84. The fraction of sp³-hybridized carbons (Fsp3) is 0.100. The van der Waals surface area contributed by atoms with Crippen molar-refractivity contribution >= 4 is 28.3 Å². The van der Waals surface area contributed by atoms with Crippen molar-refractivity contribution in [1.82, 2.24) is 0 Å². The molecule has 0 aromatic heterocycles. The number of benzene rings is 3. The van der Waals surface area contributed by atoms with Crippen molar-refractivity contribution in [3.05, 3.63) is 77.9 Å². The molecular weight excluding hydrogens is 340 g/mol. The third kappa shape index (κ3) is 3.69. The zero-order valence-corrected chi connectivity index (χ0v) is 13.8. The molecule has 0 saturated carbocycles. The van der Waals surface area contributed by atoms with E-state index in [-0.39, 0.29) is 0 Å². The molecule has 0 radical (unpaired) electrons. The van der Waals surface area contributed by atoms with E-state index in [1.807, 2.05) is 30.3 Å². The van der Waals surface area contributed by atoms with Gasteiger partial charge in [-0.25, -0.2) is 13.6 Å². The van der Waals surface area contributed by atoms with Crippen LogP contribution in [0.25, 0.3) is 10.8 Å². The van der Waals surface area contributed by atoms with Crippen LogP contribution in [0.3, 0.4) is 0 Å². The Morgan fingerprint density at radius 1 is 0.923 bits per heavy atom. The van der Waals surface area contributed by atoms with E-state index in [4.69, 9.17) is 4.74 Å². The van der Waals surface area contributed by atoms with E-state index in [0.717, 1.165) is 29.0 Å². The Hall–Kier alpha value is -3.28. The first-order valence-electron chi connectivity index (χ1n) is 7.90. The molecule has 0 aliphatic rings. The summed E-state index contributed by atoms with van der Waals surface area (Å²) in [4.78, 5) is 24.2. The molecule has 1 atom stereocenters. The zero-order chi connectivity index (χ0) is 18.7. The van der Waals surface area contributed by atoms with Crippen molar-refractivity contribution in [1.29, 1.82) is 0 Å². The molecule has 0 heterocycles. The molecule has 0 aliphatic heterocycles. The number of nitrogens with one attached hydrogen (secondary N) is 1. The van der Waals surface area contributed by atoms with Gasteiger partial charge in [0.25, 0.3) is 5.91 Å². The quantitative estimate of drug-likeness (QED) is 0.710. The number of rotatable bonds is 4. The smallest absolute Gasteiger partial charge is 0.344 e. The minimum atomic E-state index is -1.23. The summed E-state index contributed by atoms with van der Waals surface area (Å²) < 4.78 is 32.1. The van der Waals surface area contributed by atoms with Crippen LogP contribution < -0.4 is 5.32 Å². The summed E-state index contributed by atoms with van der Waals surface area (Å²) in [6, 6.07) is 16.0. The average Bonchev–Trinajstić information content (AvgIpc) is 2.61. The molecule has 3 aromatic carbocycles. The van der Waals surface area contributed by atoms with Crippen molar-refractivity contribution < 1.29 is 23.1 Å². The van der Waals surface area contributed by atoms with Gasteiger partial charge in [-0.05, 0) is 42.0 Å². The highest BCUT2D eigenvalue weighted by Crippen LogP contribution is 2.19. The second kappa shape index (κ2) is 7.31. The fourth-order valence-electron chi connectivity index (χ4n) is 2.48. The summed E-state index contributed by atoms with van der Waals surface area (Å²) >= 11 is 0. The number of hydrogen-bond donors (Lipinski definition) is 1. The highest BCUT2D eigenvalue weighted by molar-refractivity contribution is 5.99. The normalized spacial score (nSPS) is 11.8. The van der Waals surface area contributed by atoms with Crippen LogP contribution >= 0.6 is 0 Å². The molecule has 0 fully saturated rings. The van der Waals surface area contributed by atoms with Crippen molar-refractivity contribution in [2.45, 2.75) is 13.0 Å². The predicted molar refractivity (Wildman–Crippen MR) is 93.8 cm³/mol. The highest BCUT2D eigenvalue weighted by atomic mass is 19.1. The van der Waals surface area contributed by atoms with Crippen LogP contribution in [0.4, 0.5) is 14.5 Å². The number of carbonyl (C=O) groups excluding carboxylic acids is 2. The highest BCUT2D eigenvalue weighted by Gasteiger charge is 2.24. The van der Waals surface area contributed by atoms with Crippen molar-refractivity contribution in [2.75, 3.05) is 5.32 Å². The van der Waals surface area contributed by atoms with Crippen molar-refractivity contribution in [3.8, 4) is 0 Å². The summed E-state index contributed by atoms with van der Waals surface area (Å²) in [6.07, 6.45) is -1.23. The fourth-order valence-corrected chi connectivity index (χ4v) is 2.48. The van der Waals surface area contributed by atoms with Gasteiger partial charge in [-0.3, -0.25) is 4.79 Å². The Morgan fingerprint density at radius 2 is 1.58 bits per heavy atom. The summed E-state index contributed by atoms with van der Waals surface area (Å²) in [5.41, 5.74) is -0.300.